The van der Waals surface area contributed by atoms with Crippen molar-refractivity contribution in [1.29, 1.82) is 5.26 Å². The first kappa shape index (κ1) is 11.4. The average Bonchev–Trinajstić information content (AvgIpc) is 2.69. The molecule has 80 valence electrons. The largest absolute Gasteiger partial charge is 0.379 e. The van der Waals surface area contributed by atoms with Crippen molar-refractivity contribution in [2.75, 3.05) is 26.4 Å². The fraction of sp³-hybridized carbons (Fsp3) is 0.900. The second-order valence-corrected chi connectivity index (χ2v) is 3.19. The molecule has 1 saturated heterocycles. The van der Waals surface area contributed by atoms with Gasteiger partial charge in [0.25, 0.3) is 0 Å². The zero-order valence-corrected chi connectivity index (χ0v) is 8.41. The average molecular weight is 199 g/mol. The number of ether oxygens (including phenoxy) is 3. The topological polar surface area (TPSA) is 51.5 Å². The summed E-state index contributed by atoms with van der Waals surface area (Å²) in [6.45, 7) is 2.62. The Morgan fingerprint density at radius 2 is 2.29 bits per heavy atom. The van der Waals surface area contributed by atoms with Crippen LogP contribution >= 0.6 is 0 Å². The first-order chi connectivity index (χ1) is 6.93. The van der Waals surface area contributed by atoms with Gasteiger partial charge in [-0.1, -0.05) is 0 Å². The lowest BCUT2D eigenvalue weighted by molar-refractivity contribution is -0.121. The quantitative estimate of drug-likeness (QED) is 0.582. The molecule has 0 aliphatic carbocycles. The molecule has 4 nitrogen and oxygen atoms in total. The van der Waals surface area contributed by atoms with Crippen LogP contribution in [0.4, 0.5) is 0 Å². The van der Waals surface area contributed by atoms with Crippen molar-refractivity contribution >= 4 is 0 Å². The number of nitriles is 1. The van der Waals surface area contributed by atoms with E-state index in [0.29, 0.717) is 26.2 Å². The lowest BCUT2D eigenvalue weighted by atomic mass is 10.3. The standard InChI is InChI=1S/C10H17NO3/c11-5-1-2-6-12-8-9-14-10-4-3-7-13-10/h10H,1-4,6-9H2. The summed E-state index contributed by atoms with van der Waals surface area (Å²) in [7, 11) is 0. The molecule has 0 aromatic rings. The van der Waals surface area contributed by atoms with Crippen molar-refractivity contribution in [3.05, 3.63) is 0 Å². The summed E-state index contributed by atoms with van der Waals surface area (Å²) in [5.41, 5.74) is 0. The van der Waals surface area contributed by atoms with Crippen LogP contribution < -0.4 is 0 Å². The molecule has 1 heterocycles. The molecule has 0 saturated carbocycles. The van der Waals surface area contributed by atoms with Crippen molar-refractivity contribution in [3.63, 3.8) is 0 Å². The Labute approximate surface area is 84.8 Å². The normalized spacial score (nSPS) is 20.9. The zero-order chi connectivity index (χ0) is 10.1. The maximum atomic E-state index is 8.27. The van der Waals surface area contributed by atoms with E-state index in [4.69, 9.17) is 19.5 Å². The molecule has 1 unspecified atom stereocenters. The van der Waals surface area contributed by atoms with Crippen molar-refractivity contribution in [3.8, 4) is 6.07 Å². The number of nitrogens with zero attached hydrogens (tertiary/aromatic N) is 1. The molecular formula is C10H17NO3. The van der Waals surface area contributed by atoms with Crippen LogP contribution in [0.25, 0.3) is 0 Å². The van der Waals surface area contributed by atoms with Crippen LogP contribution in [0.5, 0.6) is 0 Å². The molecule has 1 atom stereocenters. The van der Waals surface area contributed by atoms with Gasteiger partial charge in [0, 0.05) is 26.1 Å². The van der Waals surface area contributed by atoms with Crippen molar-refractivity contribution in [2.45, 2.75) is 32.0 Å². The summed E-state index contributed by atoms with van der Waals surface area (Å²) in [5, 5.41) is 8.27. The Hall–Kier alpha value is -0.630. The van der Waals surface area contributed by atoms with Gasteiger partial charge in [0.15, 0.2) is 6.29 Å². The highest BCUT2D eigenvalue weighted by Gasteiger charge is 2.14. The van der Waals surface area contributed by atoms with Gasteiger partial charge in [0.1, 0.15) is 0 Å². The van der Waals surface area contributed by atoms with Gasteiger partial charge in [0.05, 0.1) is 19.3 Å². The van der Waals surface area contributed by atoms with E-state index in [0.717, 1.165) is 25.9 Å². The molecule has 14 heavy (non-hydrogen) atoms. The van der Waals surface area contributed by atoms with Gasteiger partial charge in [-0.2, -0.15) is 5.26 Å². The highest BCUT2D eigenvalue weighted by molar-refractivity contribution is 4.67. The summed E-state index contributed by atoms with van der Waals surface area (Å²) < 4.78 is 15.9. The Kier molecular flexibility index (Phi) is 6.33. The SMILES string of the molecule is N#CCCCOCCOC1CCCO1. The third kappa shape index (κ3) is 5.18. The number of unbranched alkanes of at least 4 members (excludes halogenated alkanes) is 1. The lowest BCUT2D eigenvalue weighted by Gasteiger charge is -2.10. The first-order valence-corrected chi connectivity index (χ1v) is 5.11. The molecular weight excluding hydrogens is 182 g/mol. The molecule has 1 rings (SSSR count). The van der Waals surface area contributed by atoms with Gasteiger partial charge in [0.2, 0.25) is 0 Å². The minimum absolute atomic E-state index is 0.0160. The minimum Gasteiger partial charge on any atom is -0.379 e. The summed E-state index contributed by atoms with van der Waals surface area (Å²) in [4.78, 5) is 0. The summed E-state index contributed by atoms with van der Waals surface area (Å²) in [5.74, 6) is 0. The van der Waals surface area contributed by atoms with E-state index >= 15 is 0 Å². The monoisotopic (exact) mass is 199 g/mol. The van der Waals surface area contributed by atoms with Crippen molar-refractivity contribution in [2.24, 2.45) is 0 Å². The van der Waals surface area contributed by atoms with Gasteiger partial charge in [-0.3, -0.25) is 0 Å². The van der Waals surface area contributed by atoms with Crippen molar-refractivity contribution < 1.29 is 14.2 Å². The molecule has 1 aliphatic rings. The van der Waals surface area contributed by atoms with Crippen molar-refractivity contribution in [1.82, 2.24) is 0 Å². The van der Waals surface area contributed by atoms with Gasteiger partial charge >= 0.3 is 0 Å². The van der Waals surface area contributed by atoms with E-state index < -0.39 is 0 Å². The third-order valence-corrected chi connectivity index (χ3v) is 2.00. The number of rotatable bonds is 7. The van der Waals surface area contributed by atoms with E-state index in [1.807, 2.05) is 0 Å². The van der Waals surface area contributed by atoms with Gasteiger partial charge in [-0.25, -0.2) is 0 Å². The predicted molar refractivity (Wildman–Crippen MR) is 50.6 cm³/mol. The molecule has 0 N–H and O–H groups in total. The predicted octanol–water partition coefficient (Wildman–Crippen LogP) is 1.46. The Bertz CT molecular complexity index is 173. The van der Waals surface area contributed by atoms with Crippen LogP contribution in [0.3, 0.4) is 0 Å². The highest BCUT2D eigenvalue weighted by atomic mass is 16.7. The second kappa shape index (κ2) is 7.74. The molecule has 0 bridgehead atoms. The number of hydrogen-bond acceptors (Lipinski definition) is 4. The van der Waals surface area contributed by atoms with Crippen LogP contribution in [0, 0.1) is 11.3 Å². The molecule has 1 aliphatic heterocycles. The molecule has 4 heteroatoms. The first-order valence-electron chi connectivity index (χ1n) is 5.11. The van der Waals surface area contributed by atoms with E-state index in [9.17, 15) is 0 Å². The maximum absolute atomic E-state index is 8.27. The van der Waals surface area contributed by atoms with E-state index in [2.05, 4.69) is 6.07 Å². The van der Waals surface area contributed by atoms with E-state index in [1.54, 1.807) is 0 Å². The summed E-state index contributed by atoms with van der Waals surface area (Å²) >= 11 is 0. The van der Waals surface area contributed by atoms with Crippen LogP contribution in [0.1, 0.15) is 25.7 Å². The molecule has 0 aromatic heterocycles. The van der Waals surface area contributed by atoms with Gasteiger partial charge < -0.3 is 14.2 Å². The number of hydrogen-bond donors (Lipinski definition) is 0. The Balaban J connectivity index is 1.78. The highest BCUT2D eigenvalue weighted by Crippen LogP contribution is 2.12. The summed E-state index contributed by atoms with van der Waals surface area (Å²) in [6, 6.07) is 2.07. The third-order valence-electron chi connectivity index (χ3n) is 2.00. The maximum Gasteiger partial charge on any atom is 0.157 e. The smallest absolute Gasteiger partial charge is 0.157 e. The fourth-order valence-electron chi connectivity index (χ4n) is 1.27. The minimum atomic E-state index is -0.0160. The van der Waals surface area contributed by atoms with Gasteiger partial charge in [-0.05, 0) is 12.8 Å². The lowest BCUT2D eigenvalue weighted by Crippen LogP contribution is -2.14. The van der Waals surface area contributed by atoms with Crippen LogP contribution in [0.2, 0.25) is 0 Å². The molecule has 0 spiro atoms. The van der Waals surface area contributed by atoms with Gasteiger partial charge in [-0.15, -0.1) is 0 Å². The molecule has 0 amide bonds. The fourth-order valence-corrected chi connectivity index (χ4v) is 1.27. The zero-order valence-electron chi connectivity index (χ0n) is 8.41. The second-order valence-electron chi connectivity index (χ2n) is 3.19. The van der Waals surface area contributed by atoms with Crippen LogP contribution in [-0.2, 0) is 14.2 Å². The van der Waals surface area contributed by atoms with E-state index in [-0.39, 0.29) is 6.29 Å². The summed E-state index contributed by atoms with van der Waals surface area (Å²) in [6.07, 6.45) is 3.43. The van der Waals surface area contributed by atoms with Crippen LogP contribution in [0.15, 0.2) is 0 Å². The van der Waals surface area contributed by atoms with E-state index in [1.165, 1.54) is 0 Å². The molecule has 0 radical (unpaired) electrons. The van der Waals surface area contributed by atoms with Crippen LogP contribution in [-0.4, -0.2) is 32.7 Å². The molecule has 0 aromatic carbocycles. The molecule has 1 fully saturated rings. The Morgan fingerprint density at radius 3 is 3.00 bits per heavy atom. The Morgan fingerprint density at radius 1 is 1.36 bits per heavy atom.